The van der Waals surface area contributed by atoms with E-state index in [4.69, 9.17) is 17.2 Å². The van der Waals surface area contributed by atoms with Crippen molar-refractivity contribution < 1.29 is 63.9 Å². The van der Waals surface area contributed by atoms with Gasteiger partial charge in [0.1, 0.15) is 0 Å². The van der Waals surface area contributed by atoms with E-state index in [1.807, 2.05) is 0 Å². The van der Waals surface area contributed by atoms with Crippen molar-refractivity contribution in [2.75, 3.05) is 24.3 Å². The summed E-state index contributed by atoms with van der Waals surface area (Å²) in [5.41, 5.74) is 17.4. The highest BCUT2D eigenvalue weighted by Gasteiger charge is 2.34. The number of aliphatic hydroxyl groups excluding tert-OH is 1. The number of aromatic amines is 1. The second kappa shape index (κ2) is 27.1. The van der Waals surface area contributed by atoms with E-state index < -0.39 is 127 Å². The number of H-pyrrole nitrogens is 1. The molecule has 0 aliphatic heterocycles. The summed E-state index contributed by atoms with van der Waals surface area (Å²) in [4.78, 5) is 132. The molecule has 364 valence electrons. The van der Waals surface area contributed by atoms with Gasteiger partial charge in [-0.1, -0.05) is 45.9 Å². The Kier molecular flexibility index (Phi) is 22.1. The molecule has 67 heavy (non-hydrogen) atoms. The van der Waals surface area contributed by atoms with Crippen LogP contribution in [0.1, 0.15) is 79.4 Å². The number of aryl methyl sites for hydroxylation is 2. The number of ketones is 2. The fourth-order valence-corrected chi connectivity index (χ4v) is 8.22. The number of Topliss-reactive ketones (excluding diaryl/α,β-unsaturated/α-hetero) is 2. The van der Waals surface area contributed by atoms with Gasteiger partial charge in [-0.2, -0.15) is 4.98 Å². The maximum atomic E-state index is 13.7. The van der Waals surface area contributed by atoms with Gasteiger partial charge >= 0.3 is 23.9 Å². The predicted octanol–water partition coefficient (Wildman–Crippen LogP) is 0.145. The number of anilines is 1. The van der Waals surface area contributed by atoms with Crippen LogP contribution in [0.15, 0.2) is 40.2 Å². The van der Waals surface area contributed by atoms with Crippen LogP contribution in [-0.2, 0) is 46.4 Å². The van der Waals surface area contributed by atoms with Gasteiger partial charge in [0, 0.05) is 43.0 Å². The Morgan fingerprint density at radius 3 is 2.12 bits per heavy atom. The summed E-state index contributed by atoms with van der Waals surface area (Å²) in [6.07, 6.45) is -1.92. The third-order valence-electron chi connectivity index (χ3n) is 10.3. The van der Waals surface area contributed by atoms with Crippen LogP contribution in [0.2, 0.25) is 0 Å². The molecular weight excluding hydrogens is 921 g/mol. The first-order valence-corrected chi connectivity index (χ1v) is 23.4. The molecule has 0 saturated heterocycles. The van der Waals surface area contributed by atoms with Crippen LogP contribution in [-0.4, -0.2) is 135 Å². The van der Waals surface area contributed by atoms with Crippen LogP contribution in [0.4, 0.5) is 5.95 Å². The largest absolute Gasteiger partial charge is 0.481 e. The molecule has 0 saturated carbocycles. The number of aliphatic imine (C=N–C) groups is 1. The third-order valence-corrected chi connectivity index (χ3v) is 12.2. The van der Waals surface area contributed by atoms with Gasteiger partial charge in [-0.3, -0.25) is 53.1 Å². The molecule has 0 spiro atoms. The fraction of sp³-hybridized carbons (Fsp3) is 0.488. The fourth-order valence-electron chi connectivity index (χ4n) is 6.74. The number of aliphatic hydroxyl groups is 1. The zero-order valence-corrected chi connectivity index (χ0v) is 37.9. The highest BCUT2D eigenvalue weighted by Crippen LogP contribution is 2.25. The van der Waals surface area contributed by atoms with Gasteiger partial charge in [0.05, 0.1) is 54.8 Å². The van der Waals surface area contributed by atoms with Crippen molar-refractivity contribution in [1.82, 2.24) is 30.6 Å². The molecule has 2 amide bonds. The Bertz CT molecular complexity index is 2350. The lowest BCUT2D eigenvalue weighted by atomic mass is 9.90. The average molecular weight is 975 g/mol. The Hall–Kier alpha value is -6.67. The van der Waals surface area contributed by atoms with Crippen LogP contribution in [0.5, 0.6) is 0 Å². The number of carboxylic acid groups (broad SMARTS) is 4. The summed E-state index contributed by atoms with van der Waals surface area (Å²) in [5.74, 6) is -12.9. The number of aromatic nitrogens is 4. The number of guanidine groups is 1. The van der Waals surface area contributed by atoms with Crippen molar-refractivity contribution in [3.8, 4) is 0 Å². The van der Waals surface area contributed by atoms with Gasteiger partial charge in [-0.15, -0.1) is 0 Å². The summed E-state index contributed by atoms with van der Waals surface area (Å²) >= 11 is 0. The lowest BCUT2D eigenvalue weighted by Gasteiger charge is -2.27. The van der Waals surface area contributed by atoms with Crippen LogP contribution in [0.3, 0.4) is 0 Å². The zero-order valence-electron chi connectivity index (χ0n) is 36.3. The number of hydrogen-bond donors (Lipinski definition) is 11. The topological polar surface area (TPSA) is 424 Å². The number of carboxylic acids is 4. The predicted molar refractivity (Wildman–Crippen MR) is 245 cm³/mol. The SMILES string of the molecule is CSSC[C@@H](C[C@@H](O)[C@H](CC(=O)O)NC(=O)[C@@H](CCCN=C(N)N)CC(=O)[C@H](CC(=O)O)NC(=O)CC[C@@H](CC(=O)c1ccc(CCc2cnc3nc(N)[nH]c(=O)c3n2)cc1)C(=O)O)C(=O)O. The van der Waals surface area contributed by atoms with E-state index in [-0.39, 0.29) is 60.2 Å². The number of fused-ring (bicyclic) bond motifs is 1. The van der Waals surface area contributed by atoms with Crippen molar-refractivity contribution in [3.63, 3.8) is 0 Å². The van der Waals surface area contributed by atoms with E-state index in [0.29, 0.717) is 18.5 Å². The van der Waals surface area contributed by atoms with Gasteiger partial charge in [0.15, 0.2) is 28.7 Å². The first kappa shape index (κ1) is 54.7. The molecule has 0 aliphatic rings. The molecule has 0 bridgehead atoms. The van der Waals surface area contributed by atoms with Gasteiger partial charge < -0.3 is 53.4 Å². The molecule has 6 atom stereocenters. The van der Waals surface area contributed by atoms with Crippen molar-refractivity contribution in [3.05, 3.63) is 57.6 Å². The Morgan fingerprint density at radius 2 is 1.51 bits per heavy atom. The van der Waals surface area contributed by atoms with Crippen molar-refractivity contribution in [2.24, 2.45) is 34.2 Å². The molecule has 2 aromatic heterocycles. The second-order valence-corrected chi connectivity index (χ2v) is 18.0. The van der Waals surface area contributed by atoms with E-state index in [2.05, 4.69) is 35.6 Å². The summed E-state index contributed by atoms with van der Waals surface area (Å²) < 4.78 is 0. The third kappa shape index (κ3) is 19.0. The Morgan fingerprint density at radius 1 is 0.836 bits per heavy atom. The van der Waals surface area contributed by atoms with Crippen LogP contribution in [0.25, 0.3) is 11.2 Å². The highest BCUT2D eigenvalue weighted by atomic mass is 33.1. The number of nitrogens with zero attached hydrogens (tertiary/aromatic N) is 4. The van der Waals surface area contributed by atoms with E-state index in [9.17, 15) is 68.7 Å². The quantitative estimate of drug-likeness (QED) is 0.0134. The summed E-state index contributed by atoms with van der Waals surface area (Å²) in [6, 6.07) is 3.15. The number of rotatable bonds is 31. The van der Waals surface area contributed by atoms with E-state index in [1.165, 1.54) is 39.9 Å². The monoisotopic (exact) mass is 974 g/mol. The van der Waals surface area contributed by atoms with Gasteiger partial charge in [0.2, 0.25) is 17.8 Å². The number of nitrogen functional groups attached to an aromatic ring is 1. The molecule has 2 heterocycles. The molecule has 24 nitrogen and oxygen atoms in total. The van der Waals surface area contributed by atoms with Crippen LogP contribution in [0, 0.1) is 17.8 Å². The maximum Gasteiger partial charge on any atom is 0.307 e. The highest BCUT2D eigenvalue weighted by molar-refractivity contribution is 8.76. The molecule has 0 radical (unpaired) electrons. The Labute approximate surface area is 390 Å². The summed E-state index contributed by atoms with van der Waals surface area (Å²) in [5, 5.41) is 54.3. The molecule has 26 heteroatoms. The molecule has 1 aromatic carbocycles. The molecule has 3 aromatic rings. The smallest absolute Gasteiger partial charge is 0.307 e. The number of carbonyl (C=O) groups excluding carboxylic acids is 4. The maximum absolute atomic E-state index is 13.7. The molecule has 0 unspecified atom stereocenters. The lowest BCUT2D eigenvalue weighted by Crippen LogP contribution is -2.49. The van der Waals surface area contributed by atoms with Gasteiger partial charge in [0.25, 0.3) is 5.56 Å². The van der Waals surface area contributed by atoms with Crippen molar-refractivity contribution in [2.45, 2.75) is 88.8 Å². The minimum atomic E-state index is -1.71. The van der Waals surface area contributed by atoms with Crippen molar-refractivity contribution in [1.29, 1.82) is 0 Å². The zero-order chi connectivity index (χ0) is 49.8. The number of carbonyl (C=O) groups is 8. The number of hydrogen-bond acceptors (Lipinski definition) is 17. The lowest BCUT2D eigenvalue weighted by molar-refractivity contribution is -0.143. The van der Waals surface area contributed by atoms with E-state index in [0.717, 1.165) is 5.56 Å². The van der Waals surface area contributed by atoms with Gasteiger partial charge in [-0.05, 0) is 50.3 Å². The Balaban J connectivity index is 1.66. The van der Waals surface area contributed by atoms with E-state index in [1.54, 1.807) is 18.4 Å². The number of benzene rings is 1. The second-order valence-electron chi connectivity index (χ2n) is 15.4. The minimum absolute atomic E-state index is 0.00812. The first-order chi connectivity index (χ1) is 31.7. The molecule has 0 aliphatic carbocycles. The molecule has 3 rings (SSSR count). The number of nitrogens with two attached hydrogens (primary N) is 3. The van der Waals surface area contributed by atoms with Crippen molar-refractivity contribution >= 4 is 91.9 Å². The average Bonchev–Trinajstić information content (AvgIpc) is 3.25. The molecule has 0 fully saturated rings. The van der Waals surface area contributed by atoms with Crippen LogP contribution < -0.4 is 33.4 Å². The minimum Gasteiger partial charge on any atom is -0.481 e. The molecular formula is C41H54N10O14S2. The molecule has 14 N–H and O–H groups in total. The normalized spacial score (nSPS) is 13.8. The standard InChI is InChI=1S/C41H54N10O14S2/c1-66-67-19-24(39(64)65)15-30(54)27(17-33(58)59)49-36(60)22(3-2-12-45-40(42)43)13-29(53)26(16-32(56)57)48-31(55)11-9-23(38(62)63)14-28(52)21-7-4-20(5-8-21)6-10-25-18-46-35-34(47-25)37(61)51-41(44)50-35/h4-5,7-8,18,22-24,26-27,30,54H,2-3,6,9-17,19H2,1H3,(H,48,55)(H,49,60)(H,56,57)(H,58,59)(H,62,63)(H,64,65)(H4,42,43,45)(H3,44,46,50,51,61)/t22-,23-,24+,26-,27-,30+/m0/s1. The summed E-state index contributed by atoms with van der Waals surface area (Å²) in [7, 11) is 2.48. The van der Waals surface area contributed by atoms with Gasteiger partial charge in [-0.25, -0.2) is 9.97 Å². The first-order valence-electron chi connectivity index (χ1n) is 20.7. The summed E-state index contributed by atoms with van der Waals surface area (Å²) in [6.45, 7) is -0.00812. The van der Waals surface area contributed by atoms with E-state index >= 15 is 0 Å². The number of amides is 2. The number of nitrogens with one attached hydrogen (secondary N) is 3. The van der Waals surface area contributed by atoms with Crippen LogP contribution >= 0.6 is 21.6 Å². The number of aliphatic carboxylic acids is 4.